The number of hydrogen-bond acceptors (Lipinski definition) is 2. The summed E-state index contributed by atoms with van der Waals surface area (Å²) >= 11 is 0. The van der Waals surface area contributed by atoms with E-state index in [2.05, 4.69) is 11.8 Å². The van der Waals surface area contributed by atoms with Crippen LogP contribution in [0.1, 0.15) is 38.2 Å². The maximum absolute atomic E-state index is 14.0. The summed E-state index contributed by atoms with van der Waals surface area (Å²) in [5.41, 5.74) is 6.78. The Balaban J connectivity index is 1.78. The SMILES string of the molecule is CC(CN)(Cc1ccccc1F)N(CC1CC1)C1CC1. The van der Waals surface area contributed by atoms with E-state index in [9.17, 15) is 4.39 Å². The highest BCUT2D eigenvalue weighted by molar-refractivity contribution is 5.21. The predicted octanol–water partition coefficient (Wildman–Crippen LogP) is 2.96. The molecule has 0 aliphatic heterocycles. The molecular formula is C17H25FN2. The molecule has 1 unspecified atom stereocenters. The molecule has 3 heteroatoms. The summed E-state index contributed by atoms with van der Waals surface area (Å²) in [6, 6.07) is 7.79. The maximum Gasteiger partial charge on any atom is 0.126 e. The van der Waals surface area contributed by atoms with E-state index < -0.39 is 0 Å². The molecule has 0 heterocycles. The van der Waals surface area contributed by atoms with Crippen molar-refractivity contribution in [1.82, 2.24) is 4.90 Å². The number of halogens is 1. The molecule has 0 amide bonds. The van der Waals surface area contributed by atoms with Crippen molar-refractivity contribution in [2.24, 2.45) is 11.7 Å². The first-order valence-electron chi connectivity index (χ1n) is 7.82. The van der Waals surface area contributed by atoms with Crippen molar-refractivity contribution >= 4 is 0 Å². The van der Waals surface area contributed by atoms with Gasteiger partial charge in [-0.15, -0.1) is 0 Å². The van der Waals surface area contributed by atoms with Gasteiger partial charge in [0.1, 0.15) is 5.82 Å². The van der Waals surface area contributed by atoms with Crippen molar-refractivity contribution in [3.05, 3.63) is 35.6 Å². The second-order valence-corrected chi connectivity index (χ2v) is 6.80. The van der Waals surface area contributed by atoms with Gasteiger partial charge in [0, 0.05) is 24.7 Å². The van der Waals surface area contributed by atoms with E-state index in [1.807, 2.05) is 12.1 Å². The van der Waals surface area contributed by atoms with Gasteiger partial charge in [-0.2, -0.15) is 0 Å². The quantitative estimate of drug-likeness (QED) is 0.829. The first kappa shape index (κ1) is 14.0. The van der Waals surface area contributed by atoms with Crippen molar-refractivity contribution in [3.8, 4) is 0 Å². The summed E-state index contributed by atoms with van der Waals surface area (Å²) in [7, 11) is 0. The number of nitrogens with two attached hydrogens (primary N) is 1. The second kappa shape index (κ2) is 5.45. The van der Waals surface area contributed by atoms with Crippen LogP contribution in [0, 0.1) is 11.7 Å². The average molecular weight is 276 g/mol. The minimum absolute atomic E-state index is 0.102. The Kier molecular flexibility index (Phi) is 3.83. The van der Waals surface area contributed by atoms with E-state index in [1.165, 1.54) is 25.7 Å². The van der Waals surface area contributed by atoms with Gasteiger partial charge in [-0.05, 0) is 56.6 Å². The molecule has 2 saturated carbocycles. The van der Waals surface area contributed by atoms with Gasteiger partial charge in [-0.3, -0.25) is 4.90 Å². The highest BCUT2D eigenvalue weighted by atomic mass is 19.1. The van der Waals surface area contributed by atoms with Gasteiger partial charge in [-0.25, -0.2) is 4.39 Å². The Labute approximate surface area is 121 Å². The molecule has 1 aromatic carbocycles. The summed E-state index contributed by atoms with van der Waals surface area (Å²) in [6.07, 6.45) is 5.96. The Morgan fingerprint density at radius 2 is 1.95 bits per heavy atom. The molecule has 3 rings (SSSR count). The minimum atomic E-state index is -0.119. The van der Waals surface area contributed by atoms with Crippen molar-refractivity contribution in [2.75, 3.05) is 13.1 Å². The maximum atomic E-state index is 14.0. The summed E-state index contributed by atoms with van der Waals surface area (Å²) in [5.74, 6) is 0.747. The molecule has 0 bridgehead atoms. The Bertz CT molecular complexity index is 468. The first-order valence-corrected chi connectivity index (χ1v) is 7.82. The molecular weight excluding hydrogens is 251 g/mol. The summed E-state index contributed by atoms with van der Waals surface area (Å²) in [4.78, 5) is 2.58. The Morgan fingerprint density at radius 3 is 2.50 bits per heavy atom. The summed E-state index contributed by atoms with van der Waals surface area (Å²) in [6.45, 7) is 3.94. The predicted molar refractivity (Wildman–Crippen MR) is 80.0 cm³/mol. The molecule has 2 aliphatic carbocycles. The van der Waals surface area contributed by atoms with Crippen LogP contribution in [0.5, 0.6) is 0 Å². The van der Waals surface area contributed by atoms with E-state index in [1.54, 1.807) is 12.1 Å². The lowest BCUT2D eigenvalue weighted by Crippen LogP contribution is -2.55. The zero-order valence-electron chi connectivity index (χ0n) is 12.3. The van der Waals surface area contributed by atoms with Crippen LogP contribution in [0.2, 0.25) is 0 Å². The highest BCUT2D eigenvalue weighted by Crippen LogP contribution is 2.39. The topological polar surface area (TPSA) is 29.3 Å². The van der Waals surface area contributed by atoms with Gasteiger partial charge in [0.25, 0.3) is 0 Å². The van der Waals surface area contributed by atoms with Crippen LogP contribution in [0.15, 0.2) is 24.3 Å². The van der Waals surface area contributed by atoms with Gasteiger partial charge < -0.3 is 5.73 Å². The Morgan fingerprint density at radius 1 is 1.25 bits per heavy atom. The summed E-state index contributed by atoms with van der Waals surface area (Å²) in [5, 5.41) is 0. The fraction of sp³-hybridized carbons (Fsp3) is 0.647. The minimum Gasteiger partial charge on any atom is -0.329 e. The smallest absolute Gasteiger partial charge is 0.126 e. The molecule has 0 radical (unpaired) electrons. The van der Waals surface area contributed by atoms with Crippen molar-refractivity contribution in [1.29, 1.82) is 0 Å². The van der Waals surface area contributed by atoms with Crippen LogP contribution >= 0.6 is 0 Å². The third-order valence-corrected chi connectivity index (χ3v) is 4.80. The van der Waals surface area contributed by atoms with Crippen LogP contribution in [0.4, 0.5) is 4.39 Å². The van der Waals surface area contributed by atoms with Crippen LogP contribution in [0.25, 0.3) is 0 Å². The monoisotopic (exact) mass is 276 g/mol. The number of nitrogens with zero attached hydrogens (tertiary/aromatic N) is 1. The molecule has 0 spiro atoms. The molecule has 1 atom stereocenters. The van der Waals surface area contributed by atoms with E-state index in [4.69, 9.17) is 5.73 Å². The molecule has 20 heavy (non-hydrogen) atoms. The zero-order valence-corrected chi connectivity index (χ0v) is 12.3. The lowest BCUT2D eigenvalue weighted by atomic mass is 9.90. The molecule has 2 N–H and O–H groups in total. The second-order valence-electron chi connectivity index (χ2n) is 6.80. The molecule has 2 aliphatic rings. The lowest BCUT2D eigenvalue weighted by molar-refractivity contribution is 0.0937. The normalized spacial score (nSPS) is 22.0. The third kappa shape index (κ3) is 3.04. The van der Waals surface area contributed by atoms with Crippen molar-refractivity contribution in [2.45, 2.75) is 50.6 Å². The summed E-state index contributed by atoms with van der Waals surface area (Å²) < 4.78 is 14.0. The van der Waals surface area contributed by atoms with Crippen LogP contribution in [0.3, 0.4) is 0 Å². The van der Waals surface area contributed by atoms with E-state index in [0.29, 0.717) is 19.0 Å². The largest absolute Gasteiger partial charge is 0.329 e. The fourth-order valence-corrected chi connectivity index (χ4v) is 3.12. The highest BCUT2D eigenvalue weighted by Gasteiger charge is 2.43. The van der Waals surface area contributed by atoms with Crippen LogP contribution in [-0.2, 0) is 6.42 Å². The van der Waals surface area contributed by atoms with Crippen molar-refractivity contribution < 1.29 is 4.39 Å². The van der Waals surface area contributed by atoms with E-state index in [0.717, 1.165) is 18.0 Å². The molecule has 0 aromatic heterocycles. The zero-order chi connectivity index (χ0) is 14.2. The van der Waals surface area contributed by atoms with Gasteiger partial charge >= 0.3 is 0 Å². The molecule has 0 saturated heterocycles. The van der Waals surface area contributed by atoms with Gasteiger partial charge in [0.05, 0.1) is 0 Å². The average Bonchev–Trinajstić information content (AvgIpc) is 3.31. The molecule has 1 aromatic rings. The van der Waals surface area contributed by atoms with Crippen LogP contribution < -0.4 is 5.73 Å². The van der Waals surface area contributed by atoms with E-state index >= 15 is 0 Å². The number of rotatable bonds is 7. The van der Waals surface area contributed by atoms with Crippen molar-refractivity contribution in [3.63, 3.8) is 0 Å². The molecule has 2 fully saturated rings. The van der Waals surface area contributed by atoms with Gasteiger partial charge in [-0.1, -0.05) is 18.2 Å². The first-order chi connectivity index (χ1) is 9.62. The molecule has 2 nitrogen and oxygen atoms in total. The van der Waals surface area contributed by atoms with Crippen LogP contribution in [-0.4, -0.2) is 29.6 Å². The van der Waals surface area contributed by atoms with Gasteiger partial charge in [0.15, 0.2) is 0 Å². The van der Waals surface area contributed by atoms with E-state index in [-0.39, 0.29) is 11.4 Å². The lowest BCUT2D eigenvalue weighted by Gasteiger charge is -2.41. The fourth-order valence-electron chi connectivity index (χ4n) is 3.12. The Hall–Kier alpha value is -0.930. The van der Waals surface area contributed by atoms with Gasteiger partial charge in [0.2, 0.25) is 0 Å². The third-order valence-electron chi connectivity index (χ3n) is 4.80. The number of benzene rings is 1. The molecule has 110 valence electrons. The number of hydrogen-bond donors (Lipinski definition) is 1. The standard InChI is InChI=1S/C17H25FN2/c1-17(12-19,10-14-4-2-3-5-16(14)18)20(15-8-9-15)11-13-6-7-13/h2-5,13,15H,6-12,19H2,1H3.